The Hall–Kier alpha value is -1.82. The summed E-state index contributed by atoms with van der Waals surface area (Å²) in [6, 6.07) is -2.91. The second kappa shape index (κ2) is 19.5. The Morgan fingerprint density at radius 2 is 1.16 bits per heavy atom. The van der Waals surface area contributed by atoms with E-state index in [1.807, 2.05) is 0 Å². The minimum Gasteiger partial charge on any atom is -0.394 e. The Bertz CT molecular complexity index is 1090. The Balaban J connectivity index is 1.77. The van der Waals surface area contributed by atoms with Gasteiger partial charge in [-0.05, 0) is 0 Å². The van der Waals surface area contributed by atoms with Crippen molar-refractivity contribution in [2.75, 3.05) is 33.0 Å². The van der Waals surface area contributed by atoms with E-state index in [4.69, 9.17) is 28.4 Å². The standard InChI is InChI=1S/C28H50N2O21/c1-8(35)29-10(3-31)16(38)17(39)11(37)7-46-26-15(30-9(2)36)20(42)24(14(6-34)49-26)50-28-23(45)25(19(41)13(5-33)48-28)51-27-22(44)21(43)18(40)12(4-32)47-27/h10-28,31-34,37-45H,3-7H2,1-2H3,(H,29,35)(H,30,36)/t10-,11+,12+,13+,14+,15+,16+,17-,18-,19-,20+,21-,22+,23+,24+,25-,26+,27+,28-/m0/s1. The highest BCUT2D eigenvalue weighted by atomic mass is 16.8. The summed E-state index contributed by atoms with van der Waals surface area (Å²) in [4.78, 5) is 23.4. The molecule has 3 aliphatic rings. The zero-order valence-corrected chi connectivity index (χ0v) is 27.6. The van der Waals surface area contributed by atoms with E-state index in [0.717, 1.165) is 13.8 Å². The summed E-state index contributed by atoms with van der Waals surface area (Å²) in [5, 5.41) is 138. The van der Waals surface area contributed by atoms with Crippen LogP contribution in [0.5, 0.6) is 0 Å². The summed E-state index contributed by atoms with van der Waals surface area (Å²) in [5.74, 6) is -1.38. The van der Waals surface area contributed by atoms with Crippen LogP contribution in [0.1, 0.15) is 13.8 Å². The first kappa shape index (κ1) is 43.6. The molecule has 0 bridgehead atoms. The molecule has 15 N–H and O–H groups in total. The monoisotopic (exact) mass is 750 g/mol. The first-order chi connectivity index (χ1) is 24.0. The van der Waals surface area contributed by atoms with Crippen molar-refractivity contribution < 1.29 is 104 Å². The molecule has 0 radical (unpaired) electrons. The van der Waals surface area contributed by atoms with Gasteiger partial charge in [-0.15, -0.1) is 0 Å². The number of carbonyl (C=O) groups is 2. The number of rotatable bonds is 16. The smallest absolute Gasteiger partial charge is 0.217 e. The maximum Gasteiger partial charge on any atom is 0.217 e. The molecule has 0 saturated carbocycles. The van der Waals surface area contributed by atoms with Crippen LogP contribution in [0.3, 0.4) is 0 Å². The van der Waals surface area contributed by atoms with Crippen molar-refractivity contribution in [1.29, 1.82) is 0 Å². The van der Waals surface area contributed by atoms with Crippen LogP contribution in [0.25, 0.3) is 0 Å². The molecular weight excluding hydrogens is 700 g/mol. The predicted molar refractivity (Wildman–Crippen MR) is 159 cm³/mol. The molecule has 0 aliphatic carbocycles. The lowest BCUT2D eigenvalue weighted by Gasteiger charge is -2.48. The van der Waals surface area contributed by atoms with E-state index >= 15 is 0 Å². The molecule has 3 heterocycles. The van der Waals surface area contributed by atoms with Crippen molar-refractivity contribution >= 4 is 11.8 Å². The number of aliphatic hydroxyl groups is 13. The Labute approximate surface area is 290 Å². The zero-order chi connectivity index (χ0) is 38.3. The molecule has 0 unspecified atom stereocenters. The third-order valence-electron chi connectivity index (χ3n) is 8.65. The van der Waals surface area contributed by atoms with Gasteiger partial charge in [-0.3, -0.25) is 9.59 Å². The van der Waals surface area contributed by atoms with Crippen molar-refractivity contribution in [3.05, 3.63) is 0 Å². The largest absolute Gasteiger partial charge is 0.394 e. The molecule has 3 fully saturated rings. The van der Waals surface area contributed by atoms with Crippen LogP contribution in [0.15, 0.2) is 0 Å². The van der Waals surface area contributed by atoms with Gasteiger partial charge in [-0.25, -0.2) is 0 Å². The number of nitrogens with one attached hydrogen (secondary N) is 2. The van der Waals surface area contributed by atoms with Gasteiger partial charge in [0, 0.05) is 13.8 Å². The van der Waals surface area contributed by atoms with Gasteiger partial charge < -0.3 is 105 Å². The van der Waals surface area contributed by atoms with Gasteiger partial charge in [0.25, 0.3) is 0 Å². The van der Waals surface area contributed by atoms with Gasteiger partial charge in [0.2, 0.25) is 11.8 Å². The molecule has 3 rings (SSSR count). The van der Waals surface area contributed by atoms with Gasteiger partial charge in [-0.2, -0.15) is 0 Å². The second-order valence-corrected chi connectivity index (χ2v) is 12.4. The maximum absolute atomic E-state index is 12.1. The highest BCUT2D eigenvalue weighted by Crippen LogP contribution is 2.33. The Morgan fingerprint density at radius 3 is 1.69 bits per heavy atom. The predicted octanol–water partition coefficient (Wildman–Crippen LogP) is -9.83. The number of aliphatic hydroxyl groups excluding tert-OH is 13. The van der Waals surface area contributed by atoms with Crippen LogP contribution < -0.4 is 10.6 Å². The quantitative estimate of drug-likeness (QED) is 0.0696. The number of carbonyl (C=O) groups excluding carboxylic acids is 2. The topological polar surface area (TPSA) is 377 Å². The number of ether oxygens (including phenoxy) is 6. The molecule has 0 aromatic carbocycles. The van der Waals surface area contributed by atoms with Crippen molar-refractivity contribution in [3.8, 4) is 0 Å². The summed E-state index contributed by atoms with van der Waals surface area (Å²) in [7, 11) is 0. The van der Waals surface area contributed by atoms with E-state index in [-0.39, 0.29) is 0 Å². The third-order valence-corrected chi connectivity index (χ3v) is 8.65. The van der Waals surface area contributed by atoms with E-state index in [1.165, 1.54) is 0 Å². The summed E-state index contributed by atoms with van der Waals surface area (Å²) in [6.45, 7) is -2.10. The van der Waals surface area contributed by atoms with Crippen LogP contribution in [0, 0.1) is 0 Å². The molecule has 19 atom stereocenters. The first-order valence-electron chi connectivity index (χ1n) is 16.0. The van der Waals surface area contributed by atoms with E-state index in [2.05, 4.69) is 10.6 Å². The number of hydrogen-bond acceptors (Lipinski definition) is 21. The number of hydrogen-bond donors (Lipinski definition) is 15. The zero-order valence-electron chi connectivity index (χ0n) is 27.6. The Kier molecular flexibility index (Phi) is 16.7. The molecule has 3 aliphatic heterocycles. The van der Waals surface area contributed by atoms with Crippen molar-refractivity contribution in [2.45, 2.75) is 130 Å². The first-order valence-corrected chi connectivity index (χ1v) is 16.0. The maximum atomic E-state index is 12.1. The van der Waals surface area contributed by atoms with E-state index < -0.39 is 161 Å². The summed E-state index contributed by atoms with van der Waals surface area (Å²) < 4.78 is 33.2. The lowest BCUT2D eigenvalue weighted by molar-refractivity contribution is -0.376. The van der Waals surface area contributed by atoms with E-state index in [0.29, 0.717) is 0 Å². The van der Waals surface area contributed by atoms with Gasteiger partial charge in [-0.1, -0.05) is 0 Å². The number of amides is 2. The van der Waals surface area contributed by atoms with Crippen LogP contribution in [-0.4, -0.2) is 228 Å². The highest BCUT2D eigenvalue weighted by molar-refractivity contribution is 5.73. The summed E-state index contributed by atoms with van der Waals surface area (Å²) in [6.07, 6.45) is -30.5. The highest BCUT2D eigenvalue weighted by Gasteiger charge is 2.54. The third kappa shape index (κ3) is 10.4. The van der Waals surface area contributed by atoms with Gasteiger partial charge in [0.05, 0.1) is 39.1 Å². The lowest BCUT2D eigenvalue weighted by Crippen LogP contribution is -2.68. The molecule has 23 nitrogen and oxygen atoms in total. The fourth-order valence-electron chi connectivity index (χ4n) is 5.84. The normalized spacial score (nSPS) is 41.3. The SMILES string of the molecule is CC(=O)N[C@H]1[C@H](OC[C@@H](O)[C@H](O)[C@H](O)[C@H](CO)NC(C)=O)O[C@H](CO)[C@@H](O[C@@H]2O[C@H](CO)[C@H](O)[C@H](O[C@H]3O[C@H](CO)[C@H](O)[C@H](O)[C@H]3O)[C@H]2O)[C@@H]1O. The van der Waals surface area contributed by atoms with Crippen LogP contribution >= 0.6 is 0 Å². The minimum absolute atomic E-state index is 0.647. The summed E-state index contributed by atoms with van der Waals surface area (Å²) >= 11 is 0. The van der Waals surface area contributed by atoms with Gasteiger partial charge >= 0.3 is 0 Å². The molecule has 0 aromatic rings. The minimum atomic E-state index is -2.03. The van der Waals surface area contributed by atoms with Crippen molar-refractivity contribution in [1.82, 2.24) is 10.6 Å². The van der Waals surface area contributed by atoms with E-state index in [9.17, 15) is 76.0 Å². The molecule has 0 spiro atoms. The molecule has 23 heteroatoms. The molecule has 0 aromatic heterocycles. The molecule has 298 valence electrons. The second-order valence-electron chi connectivity index (χ2n) is 12.4. The molecular formula is C28H50N2O21. The fraction of sp³-hybridized carbons (Fsp3) is 0.929. The van der Waals surface area contributed by atoms with Crippen LogP contribution in [-0.2, 0) is 38.0 Å². The Morgan fingerprint density at radius 1 is 0.627 bits per heavy atom. The van der Waals surface area contributed by atoms with Crippen molar-refractivity contribution in [3.63, 3.8) is 0 Å². The van der Waals surface area contributed by atoms with Crippen LogP contribution in [0.4, 0.5) is 0 Å². The van der Waals surface area contributed by atoms with Gasteiger partial charge in [0.15, 0.2) is 18.9 Å². The lowest BCUT2D eigenvalue weighted by atomic mass is 9.95. The van der Waals surface area contributed by atoms with Crippen LogP contribution in [0.2, 0.25) is 0 Å². The molecule has 2 amide bonds. The van der Waals surface area contributed by atoms with E-state index in [1.54, 1.807) is 0 Å². The van der Waals surface area contributed by atoms with Gasteiger partial charge in [0.1, 0.15) is 91.5 Å². The molecule has 51 heavy (non-hydrogen) atoms. The molecule has 3 saturated heterocycles. The van der Waals surface area contributed by atoms with Crippen molar-refractivity contribution in [2.24, 2.45) is 0 Å². The summed E-state index contributed by atoms with van der Waals surface area (Å²) in [5.41, 5.74) is 0. The fourth-order valence-corrected chi connectivity index (χ4v) is 5.84. The average Bonchev–Trinajstić information content (AvgIpc) is 3.09. The average molecular weight is 751 g/mol.